The van der Waals surface area contributed by atoms with E-state index in [-0.39, 0.29) is 31.0 Å². The van der Waals surface area contributed by atoms with Crippen LogP contribution >= 0.6 is 0 Å². The molecule has 0 atom stereocenters. The second kappa shape index (κ2) is 8.05. The average Bonchev–Trinajstić information content (AvgIpc) is 1.19. The van der Waals surface area contributed by atoms with Gasteiger partial charge in [-0.2, -0.15) is 4.21 Å². The summed E-state index contributed by atoms with van der Waals surface area (Å²) in [6, 6.07) is 0. The van der Waals surface area contributed by atoms with Gasteiger partial charge in [-0.1, -0.05) is 0 Å². The van der Waals surface area contributed by atoms with Crippen molar-refractivity contribution in [3.8, 4) is 0 Å². The zero-order valence-corrected chi connectivity index (χ0v) is 8.76. The zero-order valence-electron chi connectivity index (χ0n) is 5.76. The first-order chi connectivity index (χ1) is 3.73. The molecule has 0 aromatic carbocycles. The van der Waals surface area contributed by atoms with E-state index in [1.807, 2.05) is 0 Å². The molecule has 10 heavy (non-hydrogen) atoms. The monoisotopic (exact) mass is 226 g/mol. The van der Waals surface area contributed by atoms with Crippen molar-refractivity contribution in [2.24, 2.45) is 0 Å². The first-order valence-electron chi connectivity index (χ1n) is 1.16. The molecule has 0 amide bonds. The van der Waals surface area contributed by atoms with Gasteiger partial charge < -0.3 is 1.43 Å². The van der Waals surface area contributed by atoms with Gasteiger partial charge in [-0.05, 0) is 0 Å². The molecule has 10 heteroatoms. The van der Waals surface area contributed by atoms with Gasteiger partial charge in [0.2, 0.25) is 0 Å². The Kier molecular flexibility index (Phi) is 13.8. The van der Waals surface area contributed by atoms with Gasteiger partial charge in [0.05, 0.1) is 0 Å². The topological polar surface area (TPSA) is 129 Å². The Balaban J connectivity index is -0.0000000383. The Morgan fingerprint density at radius 3 is 1.20 bits per heavy atom. The van der Waals surface area contributed by atoms with Gasteiger partial charge in [0.15, 0.2) is 0 Å². The van der Waals surface area contributed by atoms with Crippen molar-refractivity contribution in [3.05, 3.63) is 0 Å². The third kappa shape index (κ3) is 627. The van der Waals surface area contributed by atoms with Crippen LogP contribution in [-0.4, -0.2) is 17.5 Å². The van der Waals surface area contributed by atoms with Crippen LogP contribution in [0.1, 0.15) is 1.43 Å². The molecular formula is H4MnNaO7S. The van der Waals surface area contributed by atoms with Gasteiger partial charge in [0.1, 0.15) is 0 Å². The summed E-state index contributed by atoms with van der Waals surface area (Å²) in [5, 5.41) is 0. The molecule has 0 unspecified atom stereocenters. The summed E-state index contributed by atoms with van der Waals surface area (Å²) in [6.07, 6.45) is 0. The van der Waals surface area contributed by atoms with E-state index in [1.54, 1.807) is 0 Å². The van der Waals surface area contributed by atoms with E-state index in [9.17, 15) is 0 Å². The molecule has 0 aromatic rings. The van der Waals surface area contributed by atoms with Crippen LogP contribution in [0.3, 0.4) is 0 Å². The van der Waals surface area contributed by atoms with Crippen LogP contribution in [0.2, 0.25) is 0 Å². The molecule has 3 N–H and O–H groups in total. The Morgan fingerprint density at radius 1 is 1.20 bits per heavy atom. The second-order valence-corrected chi connectivity index (χ2v) is 2.32. The summed E-state index contributed by atoms with van der Waals surface area (Å²) in [7, 11) is 0. The van der Waals surface area contributed by atoms with Crippen LogP contribution in [-0.2, 0) is 35.8 Å². The summed E-state index contributed by atoms with van der Waals surface area (Å²) >= 11 is -7.99. The van der Waals surface area contributed by atoms with E-state index in [0.717, 1.165) is 0 Å². The van der Waals surface area contributed by atoms with Gasteiger partial charge in [0, 0.05) is 0 Å². The average molecular weight is 226 g/mol. The summed E-state index contributed by atoms with van der Waals surface area (Å²) < 4.78 is 55.9. The normalized spacial score (nSPS) is 9.20. The number of rotatable bonds is 0. The van der Waals surface area contributed by atoms with Crippen molar-refractivity contribution in [1.29, 1.82) is 0 Å². The van der Waals surface area contributed by atoms with Crippen molar-refractivity contribution >= 4 is 11.4 Å². The third-order valence-corrected chi connectivity index (χ3v) is 0. The Labute approximate surface area is 83.9 Å². The fourth-order valence-corrected chi connectivity index (χ4v) is 0. The Bertz CT molecular complexity index is 204. The van der Waals surface area contributed by atoms with Crippen molar-refractivity contribution in [1.82, 2.24) is 0 Å². The fraction of sp³-hybridized carbons (Fsp3) is 0. The van der Waals surface area contributed by atoms with Crippen molar-refractivity contribution in [2.75, 3.05) is 0 Å². The maximum absolute atomic E-state index is 8.69. The van der Waals surface area contributed by atoms with Crippen molar-refractivity contribution in [3.63, 3.8) is 0 Å². The third-order valence-electron chi connectivity index (χ3n) is 0. The van der Waals surface area contributed by atoms with Crippen LogP contribution in [0.25, 0.3) is 0 Å². The van der Waals surface area contributed by atoms with Gasteiger partial charge in [-0.15, -0.1) is 0 Å². The predicted octanol–water partition coefficient (Wildman–Crippen LogP) is -4.12. The molecule has 0 aliphatic carbocycles. The predicted molar refractivity (Wildman–Crippen MR) is 18.8 cm³/mol. The molecule has 0 radical (unpaired) electrons. The molecule has 7 nitrogen and oxygen atoms in total. The second-order valence-electron chi connectivity index (χ2n) is 0.627. The molecule has 60 valence electrons. The van der Waals surface area contributed by atoms with Crippen LogP contribution < -0.4 is 29.6 Å². The molecule has 0 fully saturated rings. The molecule has 0 aliphatic heterocycles. The molecular weight excluding hydrogens is 222 g/mol. The minimum absolute atomic E-state index is 0. The van der Waals surface area contributed by atoms with E-state index < -0.39 is 24.3 Å². The Hall–Kier alpha value is 0.949. The minimum atomic E-state index is -5.38. The number of hydrogen-bond acceptors (Lipinski definition) is 4. The first-order valence-corrected chi connectivity index (χ1v) is 4.20. The van der Waals surface area contributed by atoms with Crippen molar-refractivity contribution in [2.45, 2.75) is 0 Å². The molecule has 0 saturated carbocycles. The fourth-order valence-electron chi connectivity index (χ4n) is 0. The van der Waals surface area contributed by atoms with Gasteiger partial charge in [-0.3, -0.25) is 9.11 Å². The molecule has 0 bridgehead atoms. The molecule has 0 aliphatic rings. The summed E-state index contributed by atoms with van der Waals surface area (Å²) in [5.41, 5.74) is 0. The van der Waals surface area contributed by atoms with Gasteiger partial charge in [0.25, 0.3) is 11.4 Å². The summed E-state index contributed by atoms with van der Waals surface area (Å²) in [4.78, 5) is 0. The first kappa shape index (κ1) is 17.2. The standard InChI is InChI=1S/Mn.Na.H2O3S.H2O.3O.H/c;;1-4(2)3;;;;;/h;;(H2,1,2,3);1H2;;;;/q2*+1;;;;;;-1/p-1. The van der Waals surface area contributed by atoms with Crippen LogP contribution in [0.5, 0.6) is 0 Å². The van der Waals surface area contributed by atoms with E-state index >= 15 is 0 Å². The van der Waals surface area contributed by atoms with Crippen LogP contribution in [0.4, 0.5) is 0 Å². The molecule has 0 saturated heterocycles. The molecule has 0 heterocycles. The SMILES string of the molecule is O=S(O)O.[H-].[Na+].[O]=[Mn](=[O])(=[O])[OH]. The van der Waals surface area contributed by atoms with Gasteiger partial charge >= 0.3 is 58.2 Å². The number of hydrogen-bond donors (Lipinski definition) is 3. The van der Waals surface area contributed by atoms with Gasteiger partial charge in [-0.25, -0.2) is 0 Å². The quantitative estimate of drug-likeness (QED) is 0.282. The van der Waals surface area contributed by atoms with Crippen LogP contribution in [0.15, 0.2) is 0 Å². The van der Waals surface area contributed by atoms with E-state index in [0.29, 0.717) is 0 Å². The summed E-state index contributed by atoms with van der Waals surface area (Å²) in [5.74, 6) is 0. The van der Waals surface area contributed by atoms with E-state index in [1.165, 1.54) is 0 Å². The molecule has 0 spiro atoms. The van der Waals surface area contributed by atoms with Crippen LogP contribution in [0, 0.1) is 0 Å². The van der Waals surface area contributed by atoms with Crippen molar-refractivity contribution < 1.29 is 73.0 Å². The van der Waals surface area contributed by atoms with E-state index in [2.05, 4.69) is 0 Å². The zero-order chi connectivity index (χ0) is 8.08. The maximum atomic E-state index is 8.69. The molecule has 0 rings (SSSR count). The summed E-state index contributed by atoms with van der Waals surface area (Å²) in [6.45, 7) is 0. The Morgan fingerprint density at radius 2 is 1.20 bits per heavy atom. The molecule has 0 aromatic heterocycles. The van der Waals surface area contributed by atoms with E-state index in [4.69, 9.17) is 29.0 Å².